The number of hydrogen-bond acceptors (Lipinski definition) is 5. The molecule has 0 atom stereocenters. The van der Waals surface area contributed by atoms with Gasteiger partial charge in [-0.3, -0.25) is 9.59 Å². The van der Waals surface area contributed by atoms with Crippen LogP contribution in [0.25, 0.3) is 0 Å². The number of nitrogens with zero attached hydrogens (tertiary/aromatic N) is 2. The number of aromatic nitrogens is 1. The minimum atomic E-state index is -1.06. The van der Waals surface area contributed by atoms with Crippen LogP contribution in [0.2, 0.25) is 0 Å². The molecule has 1 aromatic heterocycles. The van der Waals surface area contributed by atoms with Crippen molar-refractivity contribution < 1.29 is 14.7 Å². The molecule has 0 fully saturated rings. The van der Waals surface area contributed by atoms with Crippen LogP contribution < -0.4 is 5.73 Å². The van der Waals surface area contributed by atoms with Crippen molar-refractivity contribution in [3.63, 3.8) is 0 Å². The molecule has 17 heavy (non-hydrogen) atoms. The number of carboxylic acids is 1. The van der Waals surface area contributed by atoms with E-state index in [-0.39, 0.29) is 17.4 Å². The van der Waals surface area contributed by atoms with Crippen molar-refractivity contribution in [3.8, 4) is 0 Å². The summed E-state index contributed by atoms with van der Waals surface area (Å²) in [6.07, 6.45) is 0. The molecule has 7 heteroatoms. The second-order valence-electron chi connectivity index (χ2n) is 4.53. The highest BCUT2D eigenvalue weighted by molar-refractivity contribution is 7.13. The van der Waals surface area contributed by atoms with E-state index in [1.54, 1.807) is 20.8 Å². The van der Waals surface area contributed by atoms with Crippen molar-refractivity contribution in [1.82, 2.24) is 9.88 Å². The van der Waals surface area contributed by atoms with Crippen molar-refractivity contribution in [3.05, 3.63) is 11.1 Å². The maximum atomic E-state index is 12.1. The molecule has 6 nitrogen and oxygen atoms in total. The molecule has 0 aliphatic rings. The van der Waals surface area contributed by atoms with Crippen LogP contribution in [0.15, 0.2) is 5.38 Å². The number of nitrogens with two attached hydrogens (primary N) is 1. The summed E-state index contributed by atoms with van der Waals surface area (Å²) < 4.78 is 0. The van der Waals surface area contributed by atoms with Gasteiger partial charge in [0.25, 0.3) is 5.91 Å². The van der Waals surface area contributed by atoms with Crippen LogP contribution in [0.4, 0.5) is 5.13 Å². The third kappa shape index (κ3) is 3.42. The van der Waals surface area contributed by atoms with Gasteiger partial charge in [0.05, 0.1) is 0 Å². The number of thiazole rings is 1. The number of amides is 1. The standard InChI is InChI=1S/C10H15N3O3S/c1-10(2,3)13(4-7(14)15)8(16)6-5-17-9(11)12-6/h5H,4H2,1-3H3,(H2,11,12)(H,14,15). The number of carboxylic acid groups (broad SMARTS) is 1. The van der Waals surface area contributed by atoms with Crippen LogP contribution in [0.5, 0.6) is 0 Å². The monoisotopic (exact) mass is 257 g/mol. The molecule has 94 valence electrons. The van der Waals surface area contributed by atoms with Crippen molar-refractivity contribution in [2.24, 2.45) is 0 Å². The molecule has 0 bridgehead atoms. The minimum absolute atomic E-state index is 0.184. The fourth-order valence-corrected chi connectivity index (χ4v) is 1.81. The molecule has 0 aromatic carbocycles. The normalized spacial score (nSPS) is 11.2. The van der Waals surface area contributed by atoms with E-state index in [4.69, 9.17) is 10.8 Å². The molecule has 0 saturated heterocycles. The Balaban J connectivity index is 2.99. The van der Waals surface area contributed by atoms with Gasteiger partial charge in [0.1, 0.15) is 12.2 Å². The second kappa shape index (κ2) is 4.70. The first-order valence-electron chi connectivity index (χ1n) is 4.96. The zero-order chi connectivity index (χ0) is 13.2. The third-order valence-corrected chi connectivity index (χ3v) is 2.76. The fraction of sp³-hybridized carbons (Fsp3) is 0.500. The Kier molecular flexibility index (Phi) is 3.72. The summed E-state index contributed by atoms with van der Waals surface area (Å²) in [5.41, 5.74) is 5.04. The van der Waals surface area contributed by atoms with Crippen molar-refractivity contribution in [2.45, 2.75) is 26.3 Å². The number of rotatable bonds is 3. The number of carbonyl (C=O) groups is 2. The van der Waals surface area contributed by atoms with E-state index in [2.05, 4.69) is 4.98 Å². The molecule has 0 aliphatic carbocycles. The lowest BCUT2D eigenvalue weighted by Gasteiger charge is -2.33. The van der Waals surface area contributed by atoms with Gasteiger partial charge in [-0.05, 0) is 20.8 Å². The zero-order valence-electron chi connectivity index (χ0n) is 9.93. The van der Waals surface area contributed by atoms with E-state index in [0.717, 1.165) is 11.3 Å². The molecule has 1 rings (SSSR count). The average molecular weight is 257 g/mol. The highest BCUT2D eigenvalue weighted by Gasteiger charge is 2.30. The van der Waals surface area contributed by atoms with E-state index < -0.39 is 17.4 Å². The molecule has 1 amide bonds. The fourth-order valence-electron chi connectivity index (χ4n) is 1.27. The quantitative estimate of drug-likeness (QED) is 0.843. The Morgan fingerprint density at radius 2 is 2.12 bits per heavy atom. The first kappa shape index (κ1) is 13.4. The molecular formula is C10H15N3O3S. The first-order chi connectivity index (χ1) is 7.71. The summed E-state index contributed by atoms with van der Waals surface area (Å²) in [4.78, 5) is 28.0. The predicted molar refractivity (Wildman–Crippen MR) is 65.0 cm³/mol. The van der Waals surface area contributed by atoms with Crippen molar-refractivity contribution in [1.29, 1.82) is 0 Å². The van der Waals surface area contributed by atoms with Crippen molar-refractivity contribution >= 4 is 28.3 Å². The summed E-state index contributed by atoms with van der Waals surface area (Å²) in [5, 5.41) is 10.6. The van der Waals surface area contributed by atoms with E-state index >= 15 is 0 Å². The number of hydrogen-bond donors (Lipinski definition) is 2. The second-order valence-corrected chi connectivity index (χ2v) is 5.42. The van der Waals surface area contributed by atoms with E-state index in [1.807, 2.05) is 0 Å². The third-order valence-electron chi connectivity index (χ3n) is 2.09. The van der Waals surface area contributed by atoms with Gasteiger partial charge in [-0.2, -0.15) is 0 Å². The van der Waals surface area contributed by atoms with Gasteiger partial charge < -0.3 is 15.7 Å². The van der Waals surface area contributed by atoms with Crippen LogP contribution in [0.3, 0.4) is 0 Å². The van der Waals surface area contributed by atoms with E-state index in [9.17, 15) is 9.59 Å². The van der Waals surface area contributed by atoms with Gasteiger partial charge in [0, 0.05) is 10.9 Å². The van der Waals surface area contributed by atoms with Crippen LogP contribution in [-0.2, 0) is 4.79 Å². The SMILES string of the molecule is CC(C)(C)N(CC(=O)O)C(=O)c1csc(N)n1. The highest BCUT2D eigenvalue weighted by atomic mass is 32.1. The predicted octanol–water partition coefficient (Wildman–Crippen LogP) is 1.05. The van der Waals surface area contributed by atoms with Crippen molar-refractivity contribution in [2.75, 3.05) is 12.3 Å². The largest absolute Gasteiger partial charge is 0.480 e. The Hall–Kier alpha value is -1.63. The van der Waals surface area contributed by atoms with E-state index in [0.29, 0.717) is 0 Å². The van der Waals surface area contributed by atoms with Crippen LogP contribution in [0.1, 0.15) is 31.3 Å². The van der Waals surface area contributed by atoms with Gasteiger partial charge in [-0.15, -0.1) is 11.3 Å². The van der Waals surface area contributed by atoms with Gasteiger partial charge in [-0.25, -0.2) is 4.98 Å². The summed E-state index contributed by atoms with van der Waals surface area (Å²) in [7, 11) is 0. The highest BCUT2D eigenvalue weighted by Crippen LogP contribution is 2.19. The van der Waals surface area contributed by atoms with Gasteiger partial charge in [0.2, 0.25) is 0 Å². The zero-order valence-corrected chi connectivity index (χ0v) is 10.7. The van der Waals surface area contributed by atoms with E-state index in [1.165, 1.54) is 10.3 Å². The van der Waals surface area contributed by atoms with Crippen LogP contribution in [0, 0.1) is 0 Å². The van der Waals surface area contributed by atoms with Gasteiger partial charge in [0.15, 0.2) is 5.13 Å². The minimum Gasteiger partial charge on any atom is -0.480 e. The summed E-state index contributed by atoms with van der Waals surface area (Å²) >= 11 is 1.15. The lowest BCUT2D eigenvalue weighted by molar-refractivity contribution is -0.138. The first-order valence-corrected chi connectivity index (χ1v) is 5.84. The van der Waals surface area contributed by atoms with Gasteiger partial charge >= 0.3 is 5.97 Å². The topological polar surface area (TPSA) is 96.5 Å². The molecule has 0 radical (unpaired) electrons. The molecule has 3 N–H and O–H groups in total. The van der Waals surface area contributed by atoms with Gasteiger partial charge in [-0.1, -0.05) is 0 Å². The lowest BCUT2D eigenvalue weighted by Crippen LogP contribution is -2.48. The molecule has 0 aliphatic heterocycles. The molecule has 0 spiro atoms. The Morgan fingerprint density at radius 3 is 2.47 bits per heavy atom. The smallest absolute Gasteiger partial charge is 0.323 e. The molecule has 0 saturated carbocycles. The maximum absolute atomic E-state index is 12.1. The number of anilines is 1. The average Bonchev–Trinajstić information content (AvgIpc) is 2.58. The summed E-state index contributed by atoms with van der Waals surface area (Å²) in [5.74, 6) is -1.48. The molecule has 0 unspecified atom stereocenters. The van der Waals surface area contributed by atoms with Crippen LogP contribution >= 0.6 is 11.3 Å². The maximum Gasteiger partial charge on any atom is 0.323 e. The number of carbonyl (C=O) groups excluding carboxylic acids is 1. The summed E-state index contributed by atoms with van der Waals surface area (Å²) in [6.45, 7) is 4.94. The van der Waals surface area contributed by atoms with Crippen LogP contribution in [-0.4, -0.2) is 39.0 Å². The Labute approximate surface area is 103 Å². The lowest BCUT2D eigenvalue weighted by atomic mass is 10.1. The Morgan fingerprint density at radius 1 is 1.53 bits per heavy atom. The summed E-state index contributed by atoms with van der Waals surface area (Å²) in [6, 6.07) is 0. The molecule has 1 heterocycles. The molecule has 1 aromatic rings. The Bertz CT molecular complexity index is 436. The number of nitrogen functional groups attached to an aromatic ring is 1. The molecular weight excluding hydrogens is 242 g/mol. The number of aliphatic carboxylic acids is 1.